The standard InChI is InChI=1S/C43H76O4/c1-3-5-7-9-11-13-15-17-19-21-22-23-24-26-28-30-32-34-36-38-43(45)47-42(40-44)41-46-39-37-35-33-31-29-27-25-20-18-16-14-12-10-8-6-4-2/h6,8,12,14,17-20,27,29,42,44H,3-5,7,9-11,13,15-16,21-26,28,30-41H2,1-2H3/b8-6-,14-12-,19-17-,20-18-,29-27-. The fourth-order valence-corrected chi connectivity index (χ4v) is 5.37. The van der Waals surface area contributed by atoms with Crippen LogP contribution in [0.25, 0.3) is 0 Å². The monoisotopic (exact) mass is 657 g/mol. The van der Waals surface area contributed by atoms with E-state index in [0.717, 1.165) is 64.2 Å². The Morgan fingerprint density at radius 1 is 0.532 bits per heavy atom. The molecule has 0 radical (unpaired) electrons. The number of allylic oxidation sites excluding steroid dienone is 10. The lowest BCUT2D eigenvalue weighted by Gasteiger charge is -2.15. The molecular weight excluding hydrogens is 580 g/mol. The lowest BCUT2D eigenvalue weighted by Crippen LogP contribution is -2.27. The molecule has 0 saturated carbocycles. The second kappa shape index (κ2) is 40.3. The average molecular weight is 657 g/mol. The van der Waals surface area contributed by atoms with E-state index in [-0.39, 0.29) is 19.2 Å². The number of aliphatic hydroxyl groups excluding tert-OH is 1. The van der Waals surface area contributed by atoms with Crippen molar-refractivity contribution < 1.29 is 19.4 Å². The summed E-state index contributed by atoms with van der Waals surface area (Å²) >= 11 is 0. The lowest BCUT2D eigenvalue weighted by molar-refractivity contribution is -0.154. The largest absolute Gasteiger partial charge is 0.457 e. The fraction of sp³-hybridized carbons (Fsp3) is 0.744. The van der Waals surface area contributed by atoms with E-state index >= 15 is 0 Å². The van der Waals surface area contributed by atoms with Gasteiger partial charge in [0.2, 0.25) is 0 Å². The van der Waals surface area contributed by atoms with Gasteiger partial charge in [0.05, 0.1) is 13.2 Å². The zero-order valence-corrected chi connectivity index (χ0v) is 31.0. The molecule has 1 unspecified atom stereocenters. The van der Waals surface area contributed by atoms with E-state index in [1.165, 1.54) is 96.3 Å². The Kier molecular flexibility index (Phi) is 38.6. The van der Waals surface area contributed by atoms with Crippen LogP contribution in [0, 0.1) is 0 Å². The number of carbonyl (C=O) groups excluding carboxylic acids is 1. The molecule has 4 heteroatoms. The molecule has 0 heterocycles. The Morgan fingerprint density at radius 3 is 1.47 bits per heavy atom. The molecule has 0 aromatic rings. The van der Waals surface area contributed by atoms with Crippen LogP contribution >= 0.6 is 0 Å². The van der Waals surface area contributed by atoms with Crippen molar-refractivity contribution in [2.24, 2.45) is 0 Å². The highest BCUT2D eigenvalue weighted by molar-refractivity contribution is 5.69. The predicted octanol–water partition coefficient (Wildman–Crippen LogP) is 12.9. The highest BCUT2D eigenvalue weighted by atomic mass is 16.6. The summed E-state index contributed by atoms with van der Waals surface area (Å²) in [6.07, 6.45) is 52.7. The van der Waals surface area contributed by atoms with E-state index in [0.29, 0.717) is 13.0 Å². The van der Waals surface area contributed by atoms with Gasteiger partial charge >= 0.3 is 5.97 Å². The molecule has 0 fully saturated rings. The number of aliphatic hydroxyl groups is 1. The number of hydrogen-bond acceptors (Lipinski definition) is 4. The first kappa shape index (κ1) is 45.1. The highest BCUT2D eigenvalue weighted by Crippen LogP contribution is 2.13. The average Bonchev–Trinajstić information content (AvgIpc) is 3.08. The van der Waals surface area contributed by atoms with Gasteiger partial charge in [-0.05, 0) is 77.0 Å². The topological polar surface area (TPSA) is 55.8 Å². The molecule has 0 aliphatic rings. The number of rotatable bonds is 36. The highest BCUT2D eigenvalue weighted by Gasteiger charge is 2.13. The summed E-state index contributed by atoms with van der Waals surface area (Å²) in [5.74, 6) is -0.216. The molecule has 1 N–H and O–H groups in total. The van der Waals surface area contributed by atoms with Crippen molar-refractivity contribution in [3.8, 4) is 0 Å². The molecule has 1 atom stereocenters. The maximum Gasteiger partial charge on any atom is 0.306 e. The normalized spacial score (nSPS) is 13.0. The van der Waals surface area contributed by atoms with Crippen LogP contribution in [0.5, 0.6) is 0 Å². The molecule has 0 aliphatic heterocycles. The van der Waals surface area contributed by atoms with Gasteiger partial charge in [-0.2, -0.15) is 0 Å². The van der Waals surface area contributed by atoms with Crippen LogP contribution in [-0.2, 0) is 14.3 Å². The van der Waals surface area contributed by atoms with Gasteiger partial charge in [-0.15, -0.1) is 0 Å². The Hall–Kier alpha value is -1.91. The van der Waals surface area contributed by atoms with Gasteiger partial charge in [-0.3, -0.25) is 4.79 Å². The minimum atomic E-state index is -0.553. The van der Waals surface area contributed by atoms with Crippen LogP contribution in [0.15, 0.2) is 60.8 Å². The van der Waals surface area contributed by atoms with Crippen molar-refractivity contribution in [3.05, 3.63) is 60.8 Å². The maximum atomic E-state index is 12.2. The zero-order chi connectivity index (χ0) is 34.1. The molecule has 4 nitrogen and oxygen atoms in total. The van der Waals surface area contributed by atoms with E-state index in [9.17, 15) is 9.90 Å². The smallest absolute Gasteiger partial charge is 0.306 e. The molecule has 47 heavy (non-hydrogen) atoms. The summed E-state index contributed by atoms with van der Waals surface area (Å²) < 4.78 is 11.1. The third-order valence-corrected chi connectivity index (χ3v) is 8.33. The van der Waals surface area contributed by atoms with Gasteiger partial charge < -0.3 is 14.6 Å². The van der Waals surface area contributed by atoms with E-state index < -0.39 is 6.10 Å². The summed E-state index contributed by atoms with van der Waals surface area (Å²) in [5.41, 5.74) is 0. The molecule has 0 aliphatic carbocycles. The van der Waals surface area contributed by atoms with Crippen molar-refractivity contribution >= 4 is 5.97 Å². The van der Waals surface area contributed by atoms with E-state index in [2.05, 4.69) is 74.6 Å². The number of esters is 1. The number of unbranched alkanes of at least 4 members (excludes halogenated alkanes) is 18. The van der Waals surface area contributed by atoms with Gasteiger partial charge in [-0.25, -0.2) is 0 Å². The predicted molar refractivity (Wildman–Crippen MR) is 205 cm³/mol. The molecule has 0 amide bonds. The van der Waals surface area contributed by atoms with Crippen molar-refractivity contribution in [1.82, 2.24) is 0 Å². The summed E-state index contributed by atoms with van der Waals surface area (Å²) in [4.78, 5) is 12.2. The zero-order valence-electron chi connectivity index (χ0n) is 31.0. The Morgan fingerprint density at radius 2 is 0.957 bits per heavy atom. The fourth-order valence-electron chi connectivity index (χ4n) is 5.37. The number of carbonyl (C=O) groups is 1. The third-order valence-electron chi connectivity index (χ3n) is 8.33. The van der Waals surface area contributed by atoms with Gasteiger partial charge in [0.25, 0.3) is 0 Å². The SMILES string of the molecule is CC/C=C\C/C=C\C/C=C\C/C=C\CCCCCOCC(CO)OC(=O)CCCCCCCCCCC/C=C\CCCCCCCC. The summed E-state index contributed by atoms with van der Waals surface area (Å²) in [6, 6.07) is 0. The number of hydrogen-bond donors (Lipinski definition) is 1. The van der Waals surface area contributed by atoms with E-state index in [4.69, 9.17) is 9.47 Å². The van der Waals surface area contributed by atoms with Crippen LogP contribution < -0.4 is 0 Å². The lowest BCUT2D eigenvalue weighted by atomic mass is 10.1. The molecule has 0 saturated heterocycles. The molecule has 0 spiro atoms. The third kappa shape index (κ3) is 38.4. The summed E-state index contributed by atoms with van der Waals surface area (Å²) in [7, 11) is 0. The van der Waals surface area contributed by atoms with E-state index in [1.54, 1.807) is 0 Å². The molecule has 272 valence electrons. The van der Waals surface area contributed by atoms with Crippen LogP contribution in [0.4, 0.5) is 0 Å². The Bertz CT molecular complexity index is 779. The van der Waals surface area contributed by atoms with Gasteiger partial charge in [0.15, 0.2) is 0 Å². The summed E-state index contributed by atoms with van der Waals surface area (Å²) in [6.45, 7) is 5.15. The van der Waals surface area contributed by atoms with Crippen molar-refractivity contribution in [3.63, 3.8) is 0 Å². The maximum absolute atomic E-state index is 12.2. The van der Waals surface area contributed by atoms with Crippen molar-refractivity contribution in [2.75, 3.05) is 19.8 Å². The molecule has 0 aromatic heterocycles. The molecular formula is C43H76O4. The second-order valence-corrected chi connectivity index (χ2v) is 13.0. The summed E-state index contributed by atoms with van der Waals surface area (Å²) in [5, 5.41) is 9.57. The minimum Gasteiger partial charge on any atom is -0.457 e. The van der Waals surface area contributed by atoms with E-state index in [1.807, 2.05) is 0 Å². The van der Waals surface area contributed by atoms with Gasteiger partial charge in [0.1, 0.15) is 6.10 Å². The quantitative estimate of drug-likeness (QED) is 0.0414. The second-order valence-electron chi connectivity index (χ2n) is 13.0. The van der Waals surface area contributed by atoms with Crippen molar-refractivity contribution in [1.29, 1.82) is 0 Å². The van der Waals surface area contributed by atoms with Crippen LogP contribution in [0.2, 0.25) is 0 Å². The van der Waals surface area contributed by atoms with Gasteiger partial charge in [-0.1, -0.05) is 158 Å². The Balaban J connectivity index is 3.50. The van der Waals surface area contributed by atoms with Crippen LogP contribution in [-0.4, -0.2) is 37.0 Å². The van der Waals surface area contributed by atoms with Crippen molar-refractivity contribution in [2.45, 2.75) is 187 Å². The molecule has 0 aromatic carbocycles. The first-order chi connectivity index (χ1) is 23.2. The van der Waals surface area contributed by atoms with Gasteiger partial charge in [0, 0.05) is 13.0 Å². The van der Waals surface area contributed by atoms with Crippen LogP contribution in [0.3, 0.4) is 0 Å². The molecule has 0 bridgehead atoms. The Labute approximate surface area is 292 Å². The van der Waals surface area contributed by atoms with Crippen LogP contribution in [0.1, 0.15) is 181 Å². The first-order valence-corrected chi connectivity index (χ1v) is 19.9. The number of ether oxygens (including phenoxy) is 2. The first-order valence-electron chi connectivity index (χ1n) is 19.9. The minimum absolute atomic E-state index is 0.187. The molecule has 0 rings (SSSR count).